The summed E-state index contributed by atoms with van der Waals surface area (Å²) in [6, 6.07) is 0. The van der Waals surface area contributed by atoms with E-state index in [9.17, 15) is 13.2 Å². The molecular weight excluding hydrogens is 248 g/mol. The third-order valence-electron chi connectivity index (χ3n) is 5.65. The normalized spacial score (nSPS) is 47.3. The van der Waals surface area contributed by atoms with Crippen LogP contribution in [0.5, 0.6) is 0 Å². The molecule has 6 atom stereocenters. The highest BCUT2D eigenvalue weighted by molar-refractivity contribution is 5.16. The highest BCUT2D eigenvalue weighted by Crippen LogP contribution is 2.64. The molecule has 18 heavy (non-hydrogen) atoms. The molecule has 6 unspecified atom stereocenters. The lowest BCUT2D eigenvalue weighted by molar-refractivity contribution is -0.316. The monoisotopic (exact) mass is 268 g/mol. The minimum atomic E-state index is -4.69. The number of hydrogen-bond donors (Lipinski definition) is 0. The van der Waals surface area contributed by atoms with Gasteiger partial charge < -0.3 is 4.74 Å². The van der Waals surface area contributed by atoms with Crippen LogP contribution in [-0.4, -0.2) is 24.6 Å². The van der Waals surface area contributed by atoms with E-state index in [-0.39, 0.29) is 18.3 Å². The van der Waals surface area contributed by atoms with Gasteiger partial charge in [0.1, 0.15) is 0 Å². The van der Waals surface area contributed by atoms with E-state index in [2.05, 4.69) is 4.74 Å². The summed E-state index contributed by atoms with van der Waals surface area (Å²) in [6.45, 7) is 4.72. The molecule has 0 heterocycles. The molecule has 0 radical (unpaired) electrons. The molecule has 2 aliphatic rings. The lowest BCUT2D eigenvalue weighted by Gasteiger charge is -2.48. The number of hydrogen-bond acceptors (Lipinski definition) is 1. The first kappa shape index (κ1) is 14.1. The zero-order valence-electron chi connectivity index (χ0n) is 11.1. The Hall–Kier alpha value is -0.320. The van der Waals surface area contributed by atoms with E-state index in [1.54, 1.807) is 0 Å². The molecule has 2 saturated carbocycles. The van der Waals surface area contributed by atoms with Crippen molar-refractivity contribution in [1.29, 1.82) is 0 Å². The first-order valence-corrected chi connectivity index (χ1v) is 6.39. The zero-order valence-corrected chi connectivity index (χ0v) is 11.1. The van der Waals surface area contributed by atoms with E-state index >= 15 is 4.39 Å². The third-order valence-corrected chi connectivity index (χ3v) is 5.65. The molecule has 2 aliphatic carbocycles. The number of halogens is 4. The van der Waals surface area contributed by atoms with Crippen molar-refractivity contribution in [2.45, 2.75) is 51.1 Å². The maximum Gasteiger partial charge on any atom is 0.420 e. The fourth-order valence-electron chi connectivity index (χ4n) is 4.03. The van der Waals surface area contributed by atoms with Gasteiger partial charge in [0.05, 0.1) is 0 Å². The van der Waals surface area contributed by atoms with Crippen LogP contribution in [0.25, 0.3) is 0 Å². The van der Waals surface area contributed by atoms with Gasteiger partial charge >= 0.3 is 6.18 Å². The van der Waals surface area contributed by atoms with Crippen LogP contribution in [0.4, 0.5) is 17.6 Å². The second-order valence-electron chi connectivity index (χ2n) is 6.12. The molecule has 1 nitrogen and oxygen atoms in total. The SMILES string of the molecule is COC(C)(C(F)(F)F)C1(F)CC2CC1C(C)C2C. The predicted molar refractivity (Wildman–Crippen MR) is 59.9 cm³/mol. The van der Waals surface area contributed by atoms with Crippen LogP contribution in [0.3, 0.4) is 0 Å². The smallest absolute Gasteiger partial charge is 0.366 e. The summed E-state index contributed by atoms with van der Waals surface area (Å²) >= 11 is 0. The molecule has 2 bridgehead atoms. The standard InChI is InChI=1S/C13H20F4O/c1-7-8(2)10-5-9(7)6-12(10,14)11(3,18-4)13(15,16)17/h7-10H,5-6H2,1-4H3. The summed E-state index contributed by atoms with van der Waals surface area (Å²) in [4.78, 5) is 0. The Morgan fingerprint density at radius 1 is 1.17 bits per heavy atom. The van der Waals surface area contributed by atoms with Gasteiger partial charge in [-0.3, -0.25) is 0 Å². The van der Waals surface area contributed by atoms with E-state index in [1.165, 1.54) is 0 Å². The van der Waals surface area contributed by atoms with Crippen LogP contribution in [0.15, 0.2) is 0 Å². The van der Waals surface area contributed by atoms with E-state index < -0.39 is 23.4 Å². The second kappa shape index (κ2) is 3.84. The van der Waals surface area contributed by atoms with Crippen LogP contribution < -0.4 is 0 Å². The Morgan fingerprint density at radius 2 is 1.72 bits per heavy atom. The van der Waals surface area contributed by atoms with Crippen molar-refractivity contribution in [1.82, 2.24) is 0 Å². The van der Waals surface area contributed by atoms with E-state index in [0.29, 0.717) is 12.3 Å². The number of rotatable bonds is 2. The Bertz CT molecular complexity index is 340. The first-order valence-electron chi connectivity index (χ1n) is 6.39. The fourth-order valence-corrected chi connectivity index (χ4v) is 4.03. The van der Waals surface area contributed by atoms with Gasteiger partial charge in [0.2, 0.25) is 0 Å². The van der Waals surface area contributed by atoms with Crippen LogP contribution in [-0.2, 0) is 4.74 Å². The van der Waals surface area contributed by atoms with E-state index in [1.807, 2.05) is 13.8 Å². The van der Waals surface area contributed by atoms with Crippen molar-refractivity contribution < 1.29 is 22.3 Å². The molecule has 2 fully saturated rings. The Kier molecular flexibility index (Phi) is 3.01. The summed E-state index contributed by atoms with van der Waals surface area (Å²) in [5.41, 5.74) is -5.00. The van der Waals surface area contributed by atoms with Crippen molar-refractivity contribution in [2.24, 2.45) is 23.7 Å². The average Bonchev–Trinajstić information content (AvgIpc) is 2.74. The van der Waals surface area contributed by atoms with Crippen molar-refractivity contribution in [3.63, 3.8) is 0 Å². The Balaban J connectivity index is 2.39. The molecule has 0 aromatic carbocycles. The second-order valence-corrected chi connectivity index (χ2v) is 6.12. The molecular formula is C13H20F4O. The maximum absolute atomic E-state index is 15.1. The van der Waals surface area contributed by atoms with Crippen LogP contribution in [0, 0.1) is 23.7 Å². The molecule has 0 spiro atoms. The molecule has 0 saturated heterocycles. The molecule has 0 aromatic rings. The van der Waals surface area contributed by atoms with Gasteiger partial charge in [0.15, 0.2) is 11.3 Å². The highest BCUT2D eigenvalue weighted by Gasteiger charge is 2.73. The maximum atomic E-state index is 15.1. The Labute approximate surface area is 105 Å². The molecule has 5 heteroatoms. The van der Waals surface area contributed by atoms with Gasteiger partial charge in [0.25, 0.3) is 0 Å². The Morgan fingerprint density at radius 3 is 2.06 bits per heavy atom. The first-order chi connectivity index (χ1) is 8.08. The molecule has 0 amide bonds. The lowest BCUT2D eigenvalue weighted by Crippen LogP contribution is -2.63. The molecule has 0 N–H and O–H groups in total. The molecule has 0 aliphatic heterocycles. The van der Waals surface area contributed by atoms with Gasteiger partial charge in [-0.25, -0.2) is 4.39 Å². The van der Waals surface area contributed by atoms with Gasteiger partial charge in [-0.05, 0) is 43.4 Å². The van der Waals surface area contributed by atoms with Crippen LogP contribution in [0.1, 0.15) is 33.6 Å². The van der Waals surface area contributed by atoms with Crippen LogP contribution in [0.2, 0.25) is 0 Å². The largest absolute Gasteiger partial charge is 0.420 e. The number of methoxy groups -OCH3 is 1. The van der Waals surface area contributed by atoms with Gasteiger partial charge in [-0.15, -0.1) is 0 Å². The van der Waals surface area contributed by atoms with Gasteiger partial charge in [0, 0.05) is 7.11 Å². The van der Waals surface area contributed by atoms with Crippen molar-refractivity contribution in [3.8, 4) is 0 Å². The summed E-state index contributed by atoms with van der Waals surface area (Å²) in [7, 11) is 0.953. The molecule has 2 rings (SSSR count). The van der Waals surface area contributed by atoms with Crippen molar-refractivity contribution in [2.75, 3.05) is 7.11 Å². The topological polar surface area (TPSA) is 9.23 Å². The minimum Gasteiger partial charge on any atom is -0.366 e. The third kappa shape index (κ3) is 1.49. The summed E-state index contributed by atoms with van der Waals surface area (Å²) in [5, 5.41) is 0. The quantitative estimate of drug-likeness (QED) is 0.688. The zero-order chi connectivity index (χ0) is 13.9. The fraction of sp³-hybridized carbons (Fsp3) is 1.00. The summed E-state index contributed by atoms with van der Waals surface area (Å²) < 4.78 is 59.3. The lowest BCUT2D eigenvalue weighted by atomic mass is 9.67. The average molecular weight is 268 g/mol. The van der Waals surface area contributed by atoms with Gasteiger partial charge in [-0.2, -0.15) is 13.2 Å². The number of fused-ring (bicyclic) bond motifs is 2. The number of ether oxygens (including phenoxy) is 1. The molecule has 106 valence electrons. The van der Waals surface area contributed by atoms with Crippen molar-refractivity contribution in [3.05, 3.63) is 0 Å². The van der Waals surface area contributed by atoms with Crippen LogP contribution >= 0.6 is 0 Å². The van der Waals surface area contributed by atoms with E-state index in [4.69, 9.17) is 0 Å². The predicted octanol–water partition coefficient (Wildman–Crippen LogP) is 3.97. The van der Waals surface area contributed by atoms with Crippen molar-refractivity contribution >= 4 is 0 Å². The molecule has 0 aromatic heterocycles. The number of alkyl halides is 4. The van der Waals surface area contributed by atoms with E-state index in [0.717, 1.165) is 14.0 Å². The van der Waals surface area contributed by atoms with Gasteiger partial charge in [-0.1, -0.05) is 13.8 Å². The summed E-state index contributed by atoms with van der Waals surface area (Å²) in [5.74, 6) is -0.227. The summed E-state index contributed by atoms with van der Waals surface area (Å²) in [6.07, 6.45) is -4.18. The highest BCUT2D eigenvalue weighted by atomic mass is 19.4. The minimum absolute atomic E-state index is 0.0226.